The largest absolute Gasteiger partial charge is 0.444 e. The molecule has 0 bridgehead atoms. The summed E-state index contributed by atoms with van der Waals surface area (Å²) >= 11 is 0. The van der Waals surface area contributed by atoms with Gasteiger partial charge in [0.25, 0.3) is 0 Å². The van der Waals surface area contributed by atoms with Gasteiger partial charge in [0.1, 0.15) is 0 Å². The minimum Gasteiger partial charge on any atom is -0.444 e. The Morgan fingerprint density at radius 2 is 1.76 bits per heavy atom. The van der Waals surface area contributed by atoms with Crippen molar-refractivity contribution in [3.63, 3.8) is 0 Å². The van der Waals surface area contributed by atoms with E-state index in [9.17, 15) is 0 Å². The molecule has 106 valence electrons. The van der Waals surface area contributed by atoms with Gasteiger partial charge in [-0.05, 0) is 41.8 Å². The first-order valence-electron chi connectivity index (χ1n) is 7.16. The Kier molecular flexibility index (Phi) is 4.01. The second-order valence-electron chi connectivity index (χ2n) is 4.92. The molecule has 1 N–H and O–H groups in total. The van der Waals surface area contributed by atoms with Crippen molar-refractivity contribution in [2.75, 3.05) is 5.32 Å². The van der Waals surface area contributed by atoms with Crippen LogP contribution >= 0.6 is 0 Å². The van der Waals surface area contributed by atoms with E-state index in [-0.39, 0.29) is 0 Å². The van der Waals surface area contributed by atoms with Crippen molar-refractivity contribution in [1.82, 2.24) is 4.98 Å². The summed E-state index contributed by atoms with van der Waals surface area (Å²) in [6.45, 7) is 3.02. The zero-order valence-electron chi connectivity index (χ0n) is 12.0. The molecule has 0 spiro atoms. The molecule has 0 saturated heterocycles. The predicted octanol–water partition coefficient (Wildman–Crippen LogP) is 4.52. The number of hydrogen-bond acceptors (Lipinski definition) is 3. The average molecular weight is 278 g/mol. The molecule has 3 heteroatoms. The standard InChI is InChI=1S/C18H18N2O/c1-2-14-5-3-4-6-16(14)11-20-17-9-7-15(8-10-17)18-12-19-13-21-18/h3-10,12-13,20H,2,11H2,1H3. The lowest BCUT2D eigenvalue weighted by Gasteiger charge is -2.10. The summed E-state index contributed by atoms with van der Waals surface area (Å²) < 4.78 is 5.29. The first-order chi connectivity index (χ1) is 10.4. The predicted molar refractivity (Wildman–Crippen MR) is 85.1 cm³/mol. The Labute approximate surface area is 124 Å². The van der Waals surface area contributed by atoms with Crippen LogP contribution in [-0.2, 0) is 13.0 Å². The molecule has 0 aliphatic rings. The van der Waals surface area contributed by atoms with Crippen LogP contribution in [0.3, 0.4) is 0 Å². The molecule has 2 aromatic carbocycles. The first-order valence-corrected chi connectivity index (χ1v) is 7.16. The van der Waals surface area contributed by atoms with Gasteiger partial charge in [-0.25, -0.2) is 4.98 Å². The van der Waals surface area contributed by atoms with Crippen LogP contribution in [0.15, 0.2) is 65.5 Å². The van der Waals surface area contributed by atoms with E-state index in [0.717, 1.165) is 30.0 Å². The van der Waals surface area contributed by atoms with Crippen LogP contribution in [0.5, 0.6) is 0 Å². The summed E-state index contributed by atoms with van der Waals surface area (Å²) in [7, 11) is 0. The van der Waals surface area contributed by atoms with Crippen molar-refractivity contribution >= 4 is 5.69 Å². The Morgan fingerprint density at radius 1 is 1.00 bits per heavy atom. The SMILES string of the molecule is CCc1ccccc1CNc1ccc(-c2cnco2)cc1. The molecule has 3 nitrogen and oxygen atoms in total. The molecule has 0 unspecified atom stereocenters. The van der Waals surface area contributed by atoms with Gasteiger partial charge in [0, 0.05) is 17.8 Å². The number of nitrogens with one attached hydrogen (secondary N) is 1. The van der Waals surface area contributed by atoms with Crippen LogP contribution in [0, 0.1) is 0 Å². The Morgan fingerprint density at radius 3 is 2.43 bits per heavy atom. The van der Waals surface area contributed by atoms with E-state index in [1.165, 1.54) is 17.5 Å². The van der Waals surface area contributed by atoms with E-state index in [1.54, 1.807) is 6.20 Å². The van der Waals surface area contributed by atoms with Crippen molar-refractivity contribution in [2.45, 2.75) is 19.9 Å². The molecule has 0 radical (unpaired) electrons. The van der Waals surface area contributed by atoms with Crippen molar-refractivity contribution < 1.29 is 4.42 Å². The molecule has 1 heterocycles. The fourth-order valence-corrected chi connectivity index (χ4v) is 2.38. The third-order valence-electron chi connectivity index (χ3n) is 3.58. The molecule has 21 heavy (non-hydrogen) atoms. The molecule has 0 fully saturated rings. The average Bonchev–Trinajstić information content (AvgIpc) is 3.08. The van der Waals surface area contributed by atoms with Crippen LogP contribution in [0.25, 0.3) is 11.3 Å². The minimum absolute atomic E-state index is 0.790. The van der Waals surface area contributed by atoms with Crippen LogP contribution in [0.1, 0.15) is 18.1 Å². The van der Waals surface area contributed by atoms with E-state index in [2.05, 4.69) is 53.6 Å². The Hall–Kier alpha value is -2.55. The van der Waals surface area contributed by atoms with E-state index in [0.29, 0.717) is 0 Å². The fourth-order valence-electron chi connectivity index (χ4n) is 2.38. The van der Waals surface area contributed by atoms with Gasteiger partial charge < -0.3 is 9.73 Å². The third kappa shape index (κ3) is 3.14. The van der Waals surface area contributed by atoms with Crippen LogP contribution in [0.4, 0.5) is 5.69 Å². The number of hydrogen-bond donors (Lipinski definition) is 1. The van der Waals surface area contributed by atoms with Gasteiger partial charge in [-0.2, -0.15) is 0 Å². The second kappa shape index (κ2) is 6.27. The highest BCUT2D eigenvalue weighted by Gasteiger charge is 2.02. The molecule has 0 amide bonds. The smallest absolute Gasteiger partial charge is 0.181 e. The lowest BCUT2D eigenvalue weighted by atomic mass is 10.1. The van der Waals surface area contributed by atoms with E-state index >= 15 is 0 Å². The quantitative estimate of drug-likeness (QED) is 0.746. The van der Waals surface area contributed by atoms with Crippen LogP contribution in [0.2, 0.25) is 0 Å². The number of anilines is 1. The monoisotopic (exact) mass is 278 g/mol. The number of benzene rings is 2. The summed E-state index contributed by atoms with van der Waals surface area (Å²) in [5, 5.41) is 3.46. The van der Waals surface area contributed by atoms with Gasteiger partial charge in [0.05, 0.1) is 6.20 Å². The summed E-state index contributed by atoms with van der Waals surface area (Å²) in [6.07, 6.45) is 4.23. The van der Waals surface area contributed by atoms with Crippen molar-refractivity contribution in [3.8, 4) is 11.3 Å². The molecule has 3 rings (SSSR count). The highest BCUT2D eigenvalue weighted by Crippen LogP contribution is 2.21. The Balaban J connectivity index is 1.68. The minimum atomic E-state index is 0.790. The van der Waals surface area contributed by atoms with Gasteiger partial charge in [0.15, 0.2) is 12.2 Å². The normalized spacial score (nSPS) is 10.5. The van der Waals surface area contributed by atoms with Crippen molar-refractivity contribution in [2.24, 2.45) is 0 Å². The number of rotatable bonds is 5. The number of aromatic nitrogens is 1. The maximum atomic E-state index is 5.29. The van der Waals surface area contributed by atoms with Crippen LogP contribution < -0.4 is 5.32 Å². The van der Waals surface area contributed by atoms with E-state index in [4.69, 9.17) is 4.42 Å². The van der Waals surface area contributed by atoms with Gasteiger partial charge in [-0.15, -0.1) is 0 Å². The van der Waals surface area contributed by atoms with E-state index < -0.39 is 0 Å². The van der Waals surface area contributed by atoms with Gasteiger partial charge in [-0.1, -0.05) is 31.2 Å². The molecular formula is C18H18N2O. The third-order valence-corrected chi connectivity index (χ3v) is 3.58. The number of nitrogens with zero attached hydrogens (tertiary/aromatic N) is 1. The van der Waals surface area contributed by atoms with E-state index in [1.807, 2.05) is 12.1 Å². The lowest BCUT2D eigenvalue weighted by Crippen LogP contribution is -2.02. The van der Waals surface area contributed by atoms with Gasteiger partial charge in [-0.3, -0.25) is 0 Å². The zero-order valence-corrected chi connectivity index (χ0v) is 12.0. The molecule has 0 atom stereocenters. The molecular weight excluding hydrogens is 260 g/mol. The summed E-state index contributed by atoms with van der Waals surface area (Å²) in [6, 6.07) is 16.7. The Bertz CT molecular complexity index is 688. The number of aryl methyl sites for hydroxylation is 1. The van der Waals surface area contributed by atoms with Crippen molar-refractivity contribution in [1.29, 1.82) is 0 Å². The summed E-state index contributed by atoms with van der Waals surface area (Å²) in [4.78, 5) is 3.93. The maximum Gasteiger partial charge on any atom is 0.181 e. The summed E-state index contributed by atoms with van der Waals surface area (Å²) in [5.41, 5.74) is 4.87. The van der Waals surface area contributed by atoms with Gasteiger partial charge in [0.2, 0.25) is 0 Å². The zero-order chi connectivity index (χ0) is 14.5. The van der Waals surface area contributed by atoms with Crippen molar-refractivity contribution in [3.05, 3.63) is 72.2 Å². The topological polar surface area (TPSA) is 38.1 Å². The number of oxazole rings is 1. The van der Waals surface area contributed by atoms with Gasteiger partial charge >= 0.3 is 0 Å². The molecule has 1 aromatic heterocycles. The van der Waals surface area contributed by atoms with Crippen LogP contribution in [-0.4, -0.2) is 4.98 Å². The molecule has 0 aliphatic heterocycles. The molecule has 0 saturated carbocycles. The summed E-state index contributed by atoms with van der Waals surface area (Å²) in [5.74, 6) is 0.790. The lowest BCUT2D eigenvalue weighted by molar-refractivity contribution is 0.572. The molecule has 0 aliphatic carbocycles. The fraction of sp³-hybridized carbons (Fsp3) is 0.167. The first kappa shape index (κ1) is 13.4. The highest BCUT2D eigenvalue weighted by molar-refractivity contribution is 5.60. The maximum absolute atomic E-state index is 5.29. The molecule has 3 aromatic rings. The highest BCUT2D eigenvalue weighted by atomic mass is 16.3. The second-order valence-corrected chi connectivity index (χ2v) is 4.92.